The minimum absolute atomic E-state index is 0.0628. The van der Waals surface area contributed by atoms with Gasteiger partial charge in [0.15, 0.2) is 11.9 Å². The van der Waals surface area contributed by atoms with Crippen LogP contribution in [0.3, 0.4) is 0 Å². The molecule has 0 aromatic rings. The molecule has 344 valence electrons. The second-order valence-electron chi connectivity index (χ2n) is 15.7. The summed E-state index contributed by atoms with van der Waals surface area (Å²) in [5, 5.41) is 0. The number of carbonyl (C=O) groups is 3. The maximum absolute atomic E-state index is 12.7. The molecule has 0 N–H and O–H groups in total. The minimum atomic E-state index is -4.67. The summed E-state index contributed by atoms with van der Waals surface area (Å²) >= 11 is 0. The van der Waals surface area contributed by atoms with Crippen LogP contribution in [0.2, 0.25) is 0 Å². The maximum atomic E-state index is 12.7. The minimum Gasteiger partial charge on any atom is -0.756 e. The van der Waals surface area contributed by atoms with Crippen LogP contribution in [0.15, 0.2) is 109 Å². The molecule has 0 spiro atoms. The van der Waals surface area contributed by atoms with Crippen LogP contribution in [-0.4, -0.2) is 75.8 Å². The SMILES string of the molecule is CC/C=C\C/C=C\C/C=C\C/C=C\C/C=C\CCCCCC(=O)O[C@H](COC(=O)CCC/C=C\C/C=C\C/C=C\C=C\C(=O)CCCCC)COP(=O)([O-])OCC[N+](C)(C)C. The lowest BCUT2D eigenvalue weighted by atomic mass is 10.1. The van der Waals surface area contributed by atoms with E-state index in [4.69, 9.17) is 18.5 Å². The molecule has 11 heteroatoms. The zero-order chi connectivity index (χ0) is 45.1. The molecule has 0 saturated heterocycles. The lowest BCUT2D eigenvalue weighted by molar-refractivity contribution is -0.870. The van der Waals surface area contributed by atoms with Crippen molar-refractivity contribution in [3.63, 3.8) is 0 Å². The largest absolute Gasteiger partial charge is 0.756 e. The molecule has 0 radical (unpaired) electrons. The van der Waals surface area contributed by atoms with Gasteiger partial charge in [0, 0.05) is 19.3 Å². The van der Waals surface area contributed by atoms with Crippen molar-refractivity contribution in [2.24, 2.45) is 0 Å². The number of esters is 2. The highest BCUT2D eigenvalue weighted by molar-refractivity contribution is 7.45. The fourth-order valence-corrected chi connectivity index (χ4v) is 5.94. The van der Waals surface area contributed by atoms with Gasteiger partial charge in [0.1, 0.15) is 19.8 Å². The molecule has 0 heterocycles. The van der Waals surface area contributed by atoms with Gasteiger partial charge in [0.05, 0.1) is 27.7 Å². The predicted octanol–water partition coefficient (Wildman–Crippen LogP) is 11.7. The zero-order valence-corrected chi connectivity index (χ0v) is 39.2. The van der Waals surface area contributed by atoms with E-state index < -0.39 is 32.5 Å². The molecule has 2 atom stereocenters. The van der Waals surface area contributed by atoms with E-state index in [0.717, 1.165) is 83.5 Å². The molecule has 0 rings (SSSR count). The number of rotatable bonds is 39. The molecule has 0 aliphatic carbocycles. The predicted molar refractivity (Wildman–Crippen MR) is 250 cm³/mol. The molecule has 1 unspecified atom stereocenters. The molecule has 0 saturated carbocycles. The van der Waals surface area contributed by atoms with Crippen molar-refractivity contribution in [1.82, 2.24) is 0 Å². The summed E-state index contributed by atoms with van der Waals surface area (Å²) < 4.78 is 33.8. The van der Waals surface area contributed by atoms with Crippen molar-refractivity contribution in [2.45, 2.75) is 142 Å². The first-order chi connectivity index (χ1) is 29.4. The van der Waals surface area contributed by atoms with Crippen molar-refractivity contribution in [3.8, 4) is 0 Å². The van der Waals surface area contributed by atoms with E-state index in [1.807, 2.05) is 45.4 Å². The molecule has 0 amide bonds. The summed E-state index contributed by atoms with van der Waals surface area (Å²) in [6, 6.07) is 0. The number of phosphoric acid groups is 1. The monoisotopic (exact) mass is 870 g/mol. The Balaban J connectivity index is 4.57. The van der Waals surface area contributed by atoms with Gasteiger partial charge in [-0.1, -0.05) is 136 Å². The van der Waals surface area contributed by atoms with Crippen molar-refractivity contribution >= 4 is 25.5 Å². The topological polar surface area (TPSA) is 128 Å². The quantitative estimate of drug-likeness (QED) is 0.0113. The first kappa shape index (κ1) is 57.3. The first-order valence-electron chi connectivity index (χ1n) is 22.5. The smallest absolute Gasteiger partial charge is 0.306 e. The van der Waals surface area contributed by atoms with Crippen LogP contribution in [0.25, 0.3) is 0 Å². The zero-order valence-electron chi connectivity index (χ0n) is 38.3. The lowest BCUT2D eigenvalue weighted by Gasteiger charge is -2.28. The highest BCUT2D eigenvalue weighted by atomic mass is 31.2. The van der Waals surface area contributed by atoms with Gasteiger partial charge in [0.25, 0.3) is 7.82 Å². The Bertz CT molecular complexity index is 1460. The number of phosphoric ester groups is 1. The number of carbonyl (C=O) groups excluding carboxylic acids is 3. The van der Waals surface area contributed by atoms with Crippen LogP contribution in [0.1, 0.15) is 136 Å². The number of ether oxygens (including phenoxy) is 2. The van der Waals surface area contributed by atoms with Gasteiger partial charge in [-0.05, 0) is 89.5 Å². The van der Waals surface area contributed by atoms with Gasteiger partial charge in [-0.25, -0.2) is 0 Å². The fraction of sp³-hybridized carbons (Fsp3) is 0.580. The van der Waals surface area contributed by atoms with E-state index >= 15 is 0 Å². The standard InChI is InChI=1S/C50H80NO9P/c1-6-8-10-11-12-13-14-15-16-17-18-19-20-21-24-28-31-34-38-42-50(54)60-48(46-59-61(55,56)58-44-43-51(3,4)5)45-57-49(53)41-37-33-30-27-25-22-23-26-29-32-36-40-47(52)39-35-9-7-2/h8,10,12-13,15-16,18-19,21-24,27,29-30,32,36,40,48H,6-7,9,11,14,17,20,25-26,28,31,33-35,37-39,41-46H2,1-5H3/b10-8-,13-12-,16-15-,19-18-,23-22-,24-21-,30-27-,32-29-,40-36+/t48-/m1/s1. The number of nitrogens with zero attached hydrogens (tertiary/aromatic N) is 1. The number of hydrogen-bond donors (Lipinski definition) is 0. The van der Waals surface area contributed by atoms with Crippen molar-refractivity contribution in [1.29, 1.82) is 0 Å². The number of ketones is 1. The summed E-state index contributed by atoms with van der Waals surface area (Å²) in [4.78, 5) is 49.3. The highest BCUT2D eigenvalue weighted by Crippen LogP contribution is 2.38. The first-order valence-corrected chi connectivity index (χ1v) is 24.0. The molecule has 0 aliphatic heterocycles. The molecule has 10 nitrogen and oxygen atoms in total. The normalized spacial score (nSPS) is 14.5. The van der Waals surface area contributed by atoms with Gasteiger partial charge in [-0.3, -0.25) is 18.9 Å². The number of quaternary nitrogens is 1. The molecule has 0 aliphatic rings. The molecule has 0 aromatic heterocycles. The average Bonchev–Trinajstić information content (AvgIpc) is 3.21. The van der Waals surface area contributed by atoms with Crippen LogP contribution in [0.5, 0.6) is 0 Å². The van der Waals surface area contributed by atoms with E-state index in [9.17, 15) is 23.8 Å². The van der Waals surface area contributed by atoms with Gasteiger partial charge in [0.2, 0.25) is 0 Å². The number of hydrogen-bond acceptors (Lipinski definition) is 9. The maximum Gasteiger partial charge on any atom is 0.306 e. The molecule has 0 aromatic carbocycles. The van der Waals surface area contributed by atoms with Crippen LogP contribution in [0.4, 0.5) is 0 Å². The summed E-state index contributed by atoms with van der Waals surface area (Å²) in [5.41, 5.74) is 0. The highest BCUT2D eigenvalue weighted by Gasteiger charge is 2.21. The van der Waals surface area contributed by atoms with E-state index in [2.05, 4.69) is 86.8 Å². The average molecular weight is 870 g/mol. The summed E-state index contributed by atoms with van der Waals surface area (Å²) in [6.07, 6.45) is 51.1. The Hall–Kier alpha value is -3.66. The Morgan fingerprint density at radius 2 is 1.10 bits per heavy atom. The third-order valence-corrected chi connectivity index (χ3v) is 9.72. The van der Waals surface area contributed by atoms with Crippen molar-refractivity contribution < 1.29 is 46.8 Å². The number of likely N-dealkylation sites (N-methyl/N-ethyl adjacent to an activating group) is 1. The second-order valence-corrected chi connectivity index (χ2v) is 17.1. The van der Waals surface area contributed by atoms with Gasteiger partial charge in [-0.15, -0.1) is 0 Å². The third kappa shape index (κ3) is 44.2. The molecule has 0 bridgehead atoms. The van der Waals surface area contributed by atoms with E-state index in [0.29, 0.717) is 36.7 Å². The number of allylic oxidation sites excluding steroid dienone is 18. The van der Waals surface area contributed by atoms with Crippen LogP contribution >= 0.6 is 7.82 Å². The van der Waals surface area contributed by atoms with Gasteiger partial charge >= 0.3 is 11.9 Å². The van der Waals surface area contributed by atoms with E-state index in [1.165, 1.54) is 0 Å². The summed E-state index contributed by atoms with van der Waals surface area (Å²) in [6.45, 7) is 3.79. The third-order valence-electron chi connectivity index (χ3n) is 8.75. The van der Waals surface area contributed by atoms with Gasteiger partial charge < -0.3 is 27.9 Å². The van der Waals surface area contributed by atoms with Crippen LogP contribution < -0.4 is 4.89 Å². The Kier molecular flexibility index (Phi) is 38.0. The Morgan fingerprint density at radius 3 is 1.67 bits per heavy atom. The molecule has 61 heavy (non-hydrogen) atoms. The fourth-order valence-electron chi connectivity index (χ4n) is 5.21. The number of unbranched alkanes of at least 4 members (excludes halogenated alkanes) is 6. The lowest BCUT2D eigenvalue weighted by Crippen LogP contribution is -2.37. The van der Waals surface area contributed by atoms with E-state index in [1.54, 1.807) is 12.2 Å². The van der Waals surface area contributed by atoms with Crippen LogP contribution in [-0.2, 0) is 37.5 Å². The van der Waals surface area contributed by atoms with Gasteiger partial charge in [-0.2, -0.15) is 0 Å². The molecule has 0 fully saturated rings. The Labute approximate surface area is 370 Å². The summed E-state index contributed by atoms with van der Waals surface area (Å²) in [5.74, 6) is -0.821. The second kappa shape index (κ2) is 40.4. The van der Waals surface area contributed by atoms with Crippen LogP contribution in [0, 0.1) is 0 Å². The molecular formula is C50H80NO9P. The Morgan fingerprint density at radius 1 is 0.574 bits per heavy atom. The van der Waals surface area contributed by atoms with E-state index in [-0.39, 0.29) is 31.8 Å². The van der Waals surface area contributed by atoms with Crippen molar-refractivity contribution in [3.05, 3.63) is 109 Å². The summed E-state index contributed by atoms with van der Waals surface area (Å²) in [7, 11) is 1.06. The molecular weight excluding hydrogens is 790 g/mol. The van der Waals surface area contributed by atoms with Crippen molar-refractivity contribution in [2.75, 3.05) is 47.5 Å².